The zero-order valence-corrected chi connectivity index (χ0v) is 25.2. The van der Waals surface area contributed by atoms with Crippen LogP contribution in [0.25, 0.3) is 22.2 Å². The van der Waals surface area contributed by atoms with Crippen LogP contribution in [-0.4, -0.2) is 64.3 Å². The first-order valence-corrected chi connectivity index (χ1v) is 15.2. The van der Waals surface area contributed by atoms with Gasteiger partial charge in [0.05, 0.1) is 33.8 Å². The Morgan fingerprint density at radius 1 is 1.13 bits per heavy atom. The second kappa shape index (κ2) is 11.7. The monoisotopic (exact) mass is 644 g/mol. The normalized spacial score (nSPS) is 17.6. The van der Waals surface area contributed by atoms with Crippen molar-refractivity contribution in [3.05, 3.63) is 72.1 Å². The van der Waals surface area contributed by atoms with Gasteiger partial charge in [-0.3, -0.25) is 0 Å². The van der Waals surface area contributed by atoms with Crippen molar-refractivity contribution in [3.63, 3.8) is 0 Å². The van der Waals surface area contributed by atoms with Crippen molar-refractivity contribution >= 4 is 33.0 Å². The minimum Gasteiger partial charge on any atom is -0.444 e. The number of nitriles is 1. The fourth-order valence-electron chi connectivity index (χ4n) is 4.94. The van der Waals surface area contributed by atoms with Gasteiger partial charge in [-0.2, -0.15) is 18.4 Å². The number of carbonyl (C=O) groups is 1. The molecule has 45 heavy (non-hydrogen) atoms. The van der Waals surface area contributed by atoms with Crippen molar-refractivity contribution < 1.29 is 35.5 Å². The van der Waals surface area contributed by atoms with Crippen LogP contribution >= 0.6 is 0 Å². The molecule has 1 amide bonds. The van der Waals surface area contributed by atoms with Gasteiger partial charge in [0, 0.05) is 36.4 Å². The van der Waals surface area contributed by atoms with Gasteiger partial charge in [0.2, 0.25) is 5.95 Å². The zero-order chi connectivity index (χ0) is 32.7. The molecule has 0 saturated carbocycles. The van der Waals surface area contributed by atoms with Crippen LogP contribution in [-0.2, 0) is 20.9 Å². The lowest BCUT2D eigenvalue weighted by atomic mass is 10.0. The lowest BCUT2D eigenvalue weighted by Gasteiger charge is -2.36. The average molecular weight is 645 g/mol. The molecular weight excluding hydrogens is 616 g/mol. The summed E-state index contributed by atoms with van der Waals surface area (Å²) >= 11 is 0. The maximum atomic E-state index is 15.0. The summed E-state index contributed by atoms with van der Waals surface area (Å²) in [6.45, 7) is 4.96. The van der Waals surface area contributed by atoms with E-state index >= 15 is 4.39 Å². The number of likely N-dealkylation sites (tertiary alicyclic amines) is 1. The molecule has 0 bridgehead atoms. The highest BCUT2D eigenvalue weighted by molar-refractivity contribution is 7.90. The van der Waals surface area contributed by atoms with Gasteiger partial charge < -0.3 is 15.0 Å². The molecule has 2 atom stereocenters. The summed E-state index contributed by atoms with van der Waals surface area (Å²) < 4.78 is 91.4. The molecule has 236 valence electrons. The van der Waals surface area contributed by atoms with Crippen molar-refractivity contribution in [3.8, 4) is 17.3 Å². The predicted octanol–water partition coefficient (Wildman–Crippen LogP) is 5.99. The molecule has 1 aliphatic heterocycles. The minimum absolute atomic E-state index is 0.0433. The number of fused-ring (bicyclic) bond motifs is 1. The number of hydrogen-bond acceptors (Lipinski definition) is 8. The minimum atomic E-state index is -4.95. The highest BCUT2D eigenvalue weighted by Crippen LogP contribution is 2.40. The van der Waals surface area contributed by atoms with E-state index < -0.39 is 51.4 Å². The SMILES string of the molecule is CC(C)(C)OC(=O)N1CC[C@@H](F)[C@H](Nc2ncc(C(F)(F)F)c(-c3cn(S(=O)(=O)c4ccccc4)c4cc(C#N)ccc34)n2)C1. The summed E-state index contributed by atoms with van der Waals surface area (Å²) in [6.07, 6.45) is -5.62. The van der Waals surface area contributed by atoms with E-state index in [1.54, 1.807) is 26.8 Å². The molecule has 0 aliphatic carbocycles. The summed E-state index contributed by atoms with van der Waals surface area (Å²) in [6, 6.07) is 12.1. The fourth-order valence-corrected chi connectivity index (χ4v) is 6.33. The highest BCUT2D eigenvalue weighted by Gasteiger charge is 2.38. The van der Waals surface area contributed by atoms with Crippen LogP contribution in [0.15, 0.2) is 65.8 Å². The third kappa shape index (κ3) is 6.56. The van der Waals surface area contributed by atoms with Crippen molar-refractivity contribution in [1.29, 1.82) is 5.26 Å². The molecule has 4 aromatic rings. The number of aromatic nitrogens is 3. The maximum Gasteiger partial charge on any atom is 0.419 e. The van der Waals surface area contributed by atoms with Crippen LogP contribution in [0.5, 0.6) is 0 Å². The van der Waals surface area contributed by atoms with Gasteiger partial charge in [0.1, 0.15) is 17.3 Å². The Morgan fingerprint density at radius 3 is 2.49 bits per heavy atom. The number of alkyl halides is 4. The molecule has 1 N–H and O–H groups in total. The third-order valence-electron chi connectivity index (χ3n) is 7.04. The lowest BCUT2D eigenvalue weighted by molar-refractivity contribution is -0.137. The van der Waals surface area contributed by atoms with E-state index in [2.05, 4.69) is 15.3 Å². The number of carbonyl (C=O) groups excluding carboxylic acids is 1. The number of halogens is 4. The quantitative estimate of drug-likeness (QED) is 0.263. The predicted molar refractivity (Wildman–Crippen MR) is 156 cm³/mol. The number of amides is 1. The van der Waals surface area contributed by atoms with Gasteiger partial charge in [0.25, 0.3) is 10.0 Å². The van der Waals surface area contributed by atoms with Gasteiger partial charge in [-0.15, -0.1) is 0 Å². The number of nitrogens with one attached hydrogen (secondary N) is 1. The van der Waals surface area contributed by atoms with E-state index in [0.717, 1.165) is 10.2 Å². The Morgan fingerprint density at radius 2 is 1.84 bits per heavy atom. The average Bonchev–Trinajstić information content (AvgIpc) is 3.37. The van der Waals surface area contributed by atoms with Gasteiger partial charge in [0.15, 0.2) is 0 Å². The first-order chi connectivity index (χ1) is 21.1. The number of rotatable bonds is 5. The Labute approximate surface area is 256 Å². The lowest BCUT2D eigenvalue weighted by Crippen LogP contribution is -2.52. The van der Waals surface area contributed by atoms with Gasteiger partial charge >= 0.3 is 12.3 Å². The van der Waals surface area contributed by atoms with E-state index in [1.807, 2.05) is 6.07 Å². The standard InChI is InChI=1S/C30H28F4N6O4S/c1-29(2,3)44-28(41)39-12-11-23(31)24(17-39)37-27-36-15-22(30(32,33)34)26(38-27)21-16-40(25-13-18(14-35)9-10-20(21)25)45(42,43)19-7-5-4-6-8-19/h4-10,13,15-16,23-24H,11-12,17H2,1-3H3,(H,36,37,38)/t23-,24-/m1/s1. The molecule has 3 heterocycles. The van der Waals surface area contributed by atoms with Crippen LogP contribution in [0.1, 0.15) is 38.3 Å². The number of nitrogens with zero attached hydrogens (tertiary/aromatic N) is 5. The van der Waals surface area contributed by atoms with Crippen molar-refractivity contribution in [2.75, 3.05) is 18.4 Å². The first kappa shape index (κ1) is 31.7. The second-order valence-corrected chi connectivity index (χ2v) is 13.3. The molecule has 2 aromatic carbocycles. The largest absolute Gasteiger partial charge is 0.444 e. The molecular formula is C30H28F4N6O4S. The van der Waals surface area contributed by atoms with E-state index in [0.29, 0.717) is 6.20 Å². The third-order valence-corrected chi connectivity index (χ3v) is 8.73. The van der Waals surface area contributed by atoms with Crippen molar-refractivity contribution in [2.45, 2.75) is 56.1 Å². The Kier molecular flexibility index (Phi) is 8.21. The van der Waals surface area contributed by atoms with Crippen molar-refractivity contribution in [1.82, 2.24) is 18.8 Å². The number of ether oxygens (including phenoxy) is 1. The molecule has 15 heteroatoms. The maximum absolute atomic E-state index is 15.0. The van der Waals surface area contributed by atoms with Crippen LogP contribution in [0, 0.1) is 11.3 Å². The molecule has 10 nitrogen and oxygen atoms in total. The van der Waals surface area contributed by atoms with E-state index in [1.165, 1.54) is 47.4 Å². The smallest absolute Gasteiger partial charge is 0.419 e. The fraction of sp³-hybridized carbons (Fsp3) is 0.333. The summed E-state index contributed by atoms with van der Waals surface area (Å²) in [5, 5.41) is 12.2. The second-order valence-electron chi connectivity index (χ2n) is 11.4. The van der Waals surface area contributed by atoms with Crippen LogP contribution < -0.4 is 5.32 Å². The molecule has 0 unspecified atom stereocenters. The first-order valence-electron chi connectivity index (χ1n) is 13.8. The summed E-state index contributed by atoms with van der Waals surface area (Å²) in [5.74, 6) is -0.364. The number of benzene rings is 2. The van der Waals surface area contributed by atoms with Crippen LogP contribution in [0.2, 0.25) is 0 Å². The molecule has 1 fully saturated rings. The Hall–Kier alpha value is -4.71. The number of anilines is 1. The summed E-state index contributed by atoms with van der Waals surface area (Å²) in [5.41, 5.74) is -2.88. The van der Waals surface area contributed by atoms with Crippen LogP contribution in [0.3, 0.4) is 0 Å². The summed E-state index contributed by atoms with van der Waals surface area (Å²) in [7, 11) is -4.33. The van der Waals surface area contributed by atoms with Crippen molar-refractivity contribution in [2.24, 2.45) is 0 Å². The van der Waals surface area contributed by atoms with Gasteiger partial charge in [-0.1, -0.05) is 24.3 Å². The summed E-state index contributed by atoms with van der Waals surface area (Å²) in [4.78, 5) is 21.7. The van der Waals surface area contributed by atoms with Crippen LogP contribution in [0.4, 0.5) is 28.3 Å². The molecule has 1 saturated heterocycles. The highest BCUT2D eigenvalue weighted by atomic mass is 32.2. The van der Waals surface area contributed by atoms with Gasteiger partial charge in [-0.25, -0.2) is 31.5 Å². The number of piperidine rings is 1. The molecule has 5 rings (SSSR count). The van der Waals surface area contributed by atoms with E-state index in [9.17, 15) is 31.6 Å². The van der Waals surface area contributed by atoms with E-state index in [-0.39, 0.29) is 52.4 Å². The zero-order valence-electron chi connectivity index (χ0n) is 24.3. The number of hydrogen-bond donors (Lipinski definition) is 1. The van der Waals surface area contributed by atoms with Gasteiger partial charge in [-0.05, 0) is 51.5 Å². The van der Waals surface area contributed by atoms with E-state index in [4.69, 9.17) is 4.74 Å². The Bertz CT molecular complexity index is 1900. The molecule has 2 aromatic heterocycles. The molecule has 0 spiro atoms. The topological polar surface area (TPSA) is 130 Å². The molecule has 0 radical (unpaired) electrons. The molecule has 1 aliphatic rings. The Balaban J connectivity index is 1.61.